The number of anilines is 1. The van der Waals surface area contributed by atoms with E-state index in [4.69, 9.17) is 16.2 Å². The van der Waals surface area contributed by atoms with E-state index in [2.05, 4.69) is 13.0 Å². The second-order valence-corrected chi connectivity index (χ2v) is 4.57. The van der Waals surface area contributed by atoms with Crippen LogP contribution in [0, 0.1) is 0 Å². The van der Waals surface area contributed by atoms with Gasteiger partial charge in [-0.15, -0.1) is 0 Å². The second-order valence-electron chi connectivity index (χ2n) is 4.57. The second kappa shape index (κ2) is 5.76. The van der Waals surface area contributed by atoms with Gasteiger partial charge in [0.1, 0.15) is 5.75 Å². The Morgan fingerprint density at radius 3 is 2.26 bits per heavy atom. The zero-order valence-corrected chi connectivity index (χ0v) is 11.4. The first-order chi connectivity index (χ1) is 9.15. The SMILES string of the molecule is CCc1cc(C(N)c2ccc(N)cc2)ccc1OC. The van der Waals surface area contributed by atoms with Crippen LogP contribution in [0.25, 0.3) is 0 Å². The van der Waals surface area contributed by atoms with E-state index in [0.717, 1.165) is 29.0 Å². The predicted molar refractivity (Wildman–Crippen MR) is 79.3 cm³/mol. The van der Waals surface area contributed by atoms with Crippen LogP contribution in [0.4, 0.5) is 5.69 Å². The summed E-state index contributed by atoms with van der Waals surface area (Å²) in [5.74, 6) is 0.913. The molecule has 2 aromatic carbocycles. The van der Waals surface area contributed by atoms with Crippen molar-refractivity contribution in [2.45, 2.75) is 19.4 Å². The molecule has 2 aromatic rings. The number of hydrogen-bond acceptors (Lipinski definition) is 3. The fourth-order valence-electron chi connectivity index (χ4n) is 2.16. The molecule has 3 nitrogen and oxygen atoms in total. The summed E-state index contributed by atoms with van der Waals surface area (Å²) in [6, 6.07) is 13.6. The molecule has 0 aromatic heterocycles. The van der Waals surface area contributed by atoms with Gasteiger partial charge in [-0.05, 0) is 41.3 Å². The number of nitrogens with two attached hydrogens (primary N) is 2. The van der Waals surface area contributed by atoms with E-state index in [1.54, 1.807) is 7.11 Å². The van der Waals surface area contributed by atoms with Gasteiger partial charge >= 0.3 is 0 Å². The molecule has 1 atom stereocenters. The van der Waals surface area contributed by atoms with Crippen LogP contribution < -0.4 is 16.2 Å². The maximum atomic E-state index is 6.30. The van der Waals surface area contributed by atoms with Crippen LogP contribution in [0.3, 0.4) is 0 Å². The van der Waals surface area contributed by atoms with Crippen LogP contribution >= 0.6 is 0 Å². The third-order valence-electron chi connectivity index (χ3n) is 3.34. The highest BCUT2D eigenvalue weighted by Crippen LogP contribution is 2.26. The molecule has 0 bridgehead atoms. The maximum absolute atomic E-state index is 6.30. The Hall–Kier alpha value is -2.00. The standard InChI is InChI=1S/C16H20N2O/c1-3-11-10-13(6-9-15(11)19-2)16(18)12-4-7-14(17)8-5-12/h4-10,16H,3,17-18H2,1-2H3. The van der Waals surface area contributed by atoms with Gasteiger partial charge < -0.3 is 16.2 Å². The van der Waals surface area contributed by atoms with Crippen molar-refractivity contribution in [2.24, 2.45) is 5.73 Å². The van der Waals surface area contributed by atoms with E-state index in [9.17, 15) is 0 Å². The number of ether oxygens (including phenoxy) is 1. The van der Waals surface area contributed by atoms with Crippen molar-refractivity contribution in [2.75, 3.05) is 12.8 Å². The fraction of sp³-hybridized carbons (Fsp3) is 0.250. The molecule has 0 radical (unpaired) electrons. The molecular weight excluding hydrogens is 236 g/mol. The molecule has 0 heterocycles. The van der Waals surface area contributed by atoms with E-state index >= 15 is 0 Å². The maximum Gasteiger partial charge on any atom is 0.122 e. The molecule has 0 saturated carbocycles. The zero-order valence-electron chi connectivity index (χ0n) is 11.4. The van der Waals surface area contributed by atoms with Gasteiger partial charge in [-0.25, -0.2) is 0 Å². The Morgan fingerprint density at radius 1 is 1.05 bits per heavy atom. The molecule has 0 aliphatic heterocycles. The van der Waals surface area contributed by atoms with Gasteiger partial charge in [0.2, 0.25) is 0 Å². The molecule has 0 saturated heterocycles. The van der Waals surface area contributed by atoms with E-state index in [1.165, 1.54) is 5.56 Å². The number of methoxy groups -OCH3 is 1. The van der Waals surface area contributed by atoms with Gasteiger partial charge in [-0.2, -0.15) is 0 Å². The van der Waals surface area contributed by atoms with Crippen molar-refractivity contribution in [1.29, 1.82) is 0 Å². The summed E-state index contributed by atoms with van der Waals surface area (Å²) in [4.78, 5) is 0. The molecule has 4 N–H and O–H groups in total. The topological polar surface area (TPSA) is 61.3 Å². The van der Waals surface area contributed by atoms with Crippen LogP contribution in [-0.4, -0.2) is 7.11 Å². The normalized spacial score (nSPS) is 12.2. The number of hydrogen-bond donors (Lipinski definition) is 2. The van der Waals surface area contributed by atoms with Crippen LogP contribution in [0.5, 0.6) is 5.75 Å². The van der Waals surface area contributed by atoms with Crippen LogP contribution in [0.15, 0.2) is 42.5 Å². The number of nitrogen functional groups attached to an aromatic ring is 1. The lowest BCUT2D eigenvalue weighted by atomic mass is 9.97. The van der Waals surface area contributed by atoms with Gasteiger partial charge in [0, 0.05) is 5.69 Å². The van der Waals surface area contributed by atoms with Gasteiger partial charge in [0.25, 0.3) is 0 Å². The first kappa shape index (κ1) is 13.4. The lowest BCUT2D eigenvalue weighted by molar-refractivity contribution is 0.410. The van der Waals surface area contributed by atoms with E-state index < -0.39 is 0 Å². The summed E-state index contributed by atoms with van der Waals surface area (Å²) in [7, 11) is 1.69. The highest BCUT2D eigenvalue weighted by molar-refractivity contribution is 5.44. The summed E-state index contributed by atoms with van der Waals surface area (Å²) in [6.45, 7) is 2.11. The van der Waals surface area contributed by atoms with Crippen molar-refractivity contribution < 1.29 is 4.74 Å². The summed E-state index contributed by atoms with van der Waals surface area (Å²) < 4.78 is 5.34. The van der Waals surface area contributed by atoms with Gasteiger partial charge in [-0.1, -0.05) is 31.2 Å². The number of rotatable bonds is 4. The zero-order chi connectivity index (χ0) is 13.8. The molecule has 0 aliphatic rings. The van der Waals surface area contributed by atoms with Crippen LogP contribution in [0.1, 0.15) is 29.7 Å². The molecule has 0 amide bonds. The molecule has 0 aliphatic carbocycles. The van der Waals surface area contributed by atoms with Crippen molar-refractivity contribution in [1.82, 2.24) is 0 Å². The van der Waals surface area contributed by atoms with E-state index in [0.29, 0.717) is 0 Å². The highest BCUT2D eigenvalue weighted by Gasteiger charge is 2.11. The van der Waals surface area contributed by atoms with Crippen LogP contribution in [0.2, 0.25) is 0 Å². The van der Waals surface area contributed by atoms with Crippen molar-refractivity contribution in [3.05, 3.63) is 59.2 Å². The van der Waals surface area contributed by atoms with Crippen molar-refractivity contribution in [3.63, 3.8) is 0 Å². The van der Waals surface area contributed by atoms with Gasteiger partial charge in [0.15, 0.2) is 0 Å². The number of aryl methyl sites for hydroxylation is 1. The lowest BCUT2D eigenvalue weighted by Gasteiger charge is -2.15. The van der Waals surface area contributed by atoms with Crippen molar-refractivity contribution >= 4 is 5.69 Å². The summed E-state index contributed by atoms with van der Waals surface area (Å²) in [5, 5.41) is 0. The van der Waals surface area contributed by atoms with Crippen LogP contribution in [-0.2, 0) is 6.42 Å². The van der Waals surface area contributed by atoms with E-state index in [1.807, 2.05) is 36.4 Å². The fourth-order valence-corrected chi connectivity index (χ4v) is 2.16. The van der Waals surface area contributed by atoms with Crippen molar-refractivity contribution in [3.8, 4) is 5.75 Å². The minimum atomic E-state index is -0.142. The molecule has 2 rings (SSSR count). The molecule has 3 heteroatoms. The predicted octanol–water partition coefficient (Wildman–Crippen LogP) is 2.89. The Labute approximate surface area is 114 Å². The molecule has 0 fully saturated rings. The third-order valence-corrected chi connectivity index (χ3v) is 3.34. The molecular formula is C16H20N2O. The lowest BCUT2D eigenvalue weighted by Crippen LogP contribution is -2.12. The third kappa shape index (κ3) is 2.88. The Balaban J connectivity index is 2.33. The minimum absolute atomic E-state index is 0.142. The summed E-state index contributed by atoms with van der Waals surface area (Å²) in [6.07, 6.45) is 0.922. The summed E-state index contributed by atoms with van der Waals surface area (Å²) >= 11 is 0. The first-order valence-electron chi connectivity index (χ1n) is 6.43. The average Bonchev–Trinajstić information content (AvgIpc) is 2.46. The quantitative estimate of drug-likeness (QED) is 0.827. The molecule has 19 heavy (non-hydrogen) atoms. The first-order valence-corrected chi connectivity index (χ1v) is 6.43. The Morgan fingerprint density at radius 2 is 1.68 bits per heavy atom. The highest BCUT2D eigenvalue weighted by atomic mass is 16.5. The largest absolute Gasteiger partial charge is 0.496 e. The van der Waals surface area contributed by atoms with Gasteiger partial charge in [0.05, 0.1) is 13.2 Å². The smallest absolute Gasteiger partial charge is 0.122 e. The van der Waals surface area contributed by atoms with Gasteiger partial charge in [-0.3, -0.25) is 0 Å². The molecule has 100 valence electrons. The number of benzene rings is 2. The minimum Gasteiger partial charge on any atom is -0.496 e. The molecule has 1 unspecified atom stereocenters. The Bertz CT molecular complexity index is 549. The Kier molecular flexibility index (Phi) is 4.07. The van der Waals surface area contributed by atoms with E-state index in [-0.39, 0.29) is 6.04 Å². The molecule has 0 spiro atoms. The monoisotopic (exact) mass is 256 g/mol. The summed E-state index contributed by atoms with van der Waals surface area (Å²) in [5.41, 5.74) is 16.1. The average molecular weight is 256 g/mol.